The van der Waals surface area contributed by atoms with E-state index in [4.69, 9.17) is 13.9 Å². The van der Waals surface area contributed by atoms with Crippen LogP contribution in [0.15, 0.2) is 63.9 Å². The normalized spacial score (nSPS) is 12.2. The van der Waals surface area contributed by atoms with Gasteiger partial charge in [0.2, 0.25) is 0 Å². The van der Waals surface area contributed by atoms with Crippen molar-refractivity contribution in [1.82, 2.24) is 0 Å². The number of carbonyl (C=O) groups excluding carboxylic acids is 1. The van der Waals surface area contributed by atoms with Crippen LogP contribution in [0.3, 0.4) is 0 Å². The van der Waals surface area contributed by atoms with E-state index < -0.39 is 21.4 Å². The highest BCUT2D eigenvalue weighted by Gasteiger charge is 2.31. The summed E-state index contributed by atoms with van der Waals surface area (Å²) in [6.45, 7) is 5.81. The van der Waals surface area contributed by atoms with Crippen LogP contribution in [0.2, 0.25) is 0 Å². The monoisotopic (exact) mass is 467 g/mol. The summed E-state index contributed by atoms with van der Waals surface area (Å²) in [6, 6.07) is 15.0. The molecule has 7 nitrogen and oxygen atoms in total. The summed E-state index contributed by atoms with van der Waals surface area (Å²) in [4.78, 5) is 12.8. The predicted octanol–water partition coefficient (Wildman–Crippen LogP) is 5.48. The molecule has 0 radical (unpaired) electrons. The second kappa shape index (κ2) is 8.12. The van der Waals surface area contributed by atoms with Crippen LogP contribution < -0.4 is 9.46 Å². The summed E-state index contributed by atoms with van der Waals surface area (Å²) in [5, 5.41) is 1.81. The van der Waals surface area contributed by atoms with E-state index in [0.717, 1.165) is 0 Å². The molecule has 0 amide bonds. The molecule has 3 aromatic carbocycles. The number of ether oxygens (including phenoxy) is 2. The van der Waals surface area contributed by atoms with Crippen LogP contribution in [0.25, 0.3) is 21.7 Å². The zero-order valence-corrected chi connectivity index (χ0v) is 19.9. The molecule has 172 valence electrons. The molecule has 4 rings (SSSR count). The van der Waals surface area contributed by atoms with Crippen molar-refractivity contribution in [1.29, 1.82) is 0 Å². The van der Waals surface area contributed by atoms with Crippen molar-refractivity contribution in [3.05, 3.63) is 65.9 Å². The lowest BCUT2D eigenvalue weighted by atomic mass is 9.89. The first-order valence-electron chi connectivity index (χ1n) is 10.3. The molecule has 8 heteroatoms. The highest BCUT2D eigenvalue weighted by Crippen LogP contribution is 2.41. The number of esters is 1. The second-order valence-electron chi connectivity index (χ2n) is 8.68. The fourth-order valence-corrected chi connectivity index (χ4v) is 4.87. The molecular weight excluding hydrogens is 442 g/mol. The molecule has 0 aliphatic heterocycles. The van der Waals surface area contributed by atoms with Crippen LogP contribution in [0.4, 0.5) is 5.69 Å². The molecule has 0 saturated carbocycles. The minimum atomic E-state index is -3.91. The molecule has 0 spiro atoms. The fourth-order valence-electron chi connectivity index (χ4n) is 3.80. The Labute approximate surface area is 192 Å². The molecule has 4 aromatic rings. The number of hydrogen-bond donors (Lipinski definition) is 1. The van der Waals surface area contributed by atoms with Crippen molar-refractivity contribution >= 4 is 43.4 Å². The minimum Gasteiger partial charge on any atom is -0.497 e. The van der Waals surface area contributed by atoms with Gasteiger partial charge in [0.05, 0.1) is 24.8 Å². The quantitative estimate of drug-likeness (QED) is 0.391. The summed E-state index contributed by atoms with van der Waals surface area (Å²) >= 11 is 0. The molecule has 0 saturated heterocycles. The Balaban J connectivity index is 1.97. The van der Waals surface area contributed by atoms with Gasteiger partial charge in [-0.2, -0.15) is 0 Å². The Hall–Kier alpha value is -3.52. The third kappa shape index (κ3) is 4.02. The SMILES string of the molecule is COC(=O)c1c(C(C)(C)C)oc2c1cc(NS(=O)(=O)c1ccc(OC)cc1)c1ccccc12. The molecule has 0 atom stereocenters. The van der Waals surface area contributed by atoms with Crippen LogP contribution in [0.1, 0.15) is 36.9 Å². The zero-order valence-electron chi connectivity index (χ0n) is 19.1. The van der Waals surface area contributed by atoms with Gasteiger partial charge in [0.1, 0.15) is 22.7 Å². The van der Waals surface area contributed by atoms with Crippen molar-refractivity contribution in [2.45, 2.75) is 31.1 Å². The van der Waals surface area contributed by atoms with Gasteiger partial charge >= 0.3 is 5.97 Å². The number of methoxy groups -OCH3 is 2. The Morgan fingerprint density at radius 1 is 0.939 bits per heavy atom. The number of fused-ring (bicyclic) bond motifs is 3. The van der Waals surface area contributed by atoms with Gasteiger partial charge in [-0.05, 0) is 30.3 Å². The topological polar surface area (TPSA) is 94.8 Å². The van der Waals surface area contributed by atoms with E-state index in [9.17, 15) is 13.2 Å². The lowest BCUT2D eigenvalue weighted by molar-refractivity contribution is 0.0598. The van der Waals surface area contributed by atoms with Crippen LogP contribution in [-0.2, 0) is 20.2 Å². The molecule has 0 bridgehead atoms. The predicted molar refractivity (Wildman–Crippen MR) is 128 cm³/mol. The van der Waals surface area contributed by atoms with Gasteiger partial charge in [0, 0.05) is 21.6 Å². The van der Waals surface area contributed by atoms with Crippen LogP contribution in [-0.4, -0.2) is 28.6 Å². The van der Waals surface area contributed by atoms with Gasteiger partial charge in [0.25, 0.3) is 10.0 Å². The lowest BCUT2D eigenvalue weighted by Gasteiger charge is -2.16. The molecule has 33 heavy (non-hydrogen) atoms. The maximum atomic E-state index is 13.2. The van der Waals surface area contributed by atoms with Crippen molar-refractivity contribution in [2.75, 3.05) is 18.9 Å². The van der Waals surface area contributed by atoms with Gasteiger partial charge in [-0.15, -0.1) is 0 Å². The third-order valence-electron chi connectivity index (χ3n) is 5.38. The number of sulfonamides is 1. The second-order valence-corrected chi connectivity index (χ2v) is 10.4. The summed E-state index contributed by atoms with van der Waals surface area (Å²) in [5.41, 5.74) is 0.645. The van der Waals surface area contributed by atoms with E-state index in [1.807, 2.05) is 39.0 Å². The number of benzene rings is 3. The van der Waals surface area contributed by atoms with Gasteiger partial charge in [-0.1, -0.05) is 45.0 Å². The Kier molecular flexibility index (Phi) is 5.57. The van der Waals surface area contributed by atoms with Gasteiger partial charge in [0.15, 0.2) is 0 Å². The number of furan rings is 1. The molecule has 0 aliphatic carbocycles. The van der Waals surface area contributed by atoms with E-state index in [2.05, 4.69) is 4.72 Å². The van der Waals surface area contributed by atoms with E-state index in [-0.39, 0.29) is 10.5 Å². The van der Waals surface area contributed by atoms with Crippen molar-refractivity contribution < 1.29 is 27.1 Å². The van der Waals surface area contributed by atoms with E-state index in [0.29, 0.717) is 38.9 Å². The molecule has 0 fully saturated rings. The first-order valence-corrected chi connectivity index (χ1v) is 11.8. The molecule has 1 aromatic heterocycles. The van der Waals surface area contributed by atoms with E-state index in [1.54, 1.807) is 24.3 Å². The molecule has 0 aliphatic rings. The van der Waals surface area contributed by atoms with Gasteiger partial charge in [-0.3, -0.25) is 4.72 Å². The van der Waals surface area contributed by atoms with Crippen molar-refractivity contribution in [3.63, 3.8) is 0 Å². The van der Waals surface area contributed by atoms with Crippen molar-refractivity contribution in [2.24, 2.45) is 0 Å². The number of hydrogen-bond acceptors (Lipinski definition) is 6. The zero-order chi connectivity index (χ0) is 24.0. The van der Waals surface area contributed by atoms with Crippen LogP contribution in [0, 0.1) is 0 Å². The smallest absolute Gasteiger partial charge is 0.342 e. The molecule has 1 heterocycles. The number of rotatable bonds is 5. The van der Waals surface area contributed by atoms with E-state index >= 15 is 0 Å². The summed E-state index contributed by atoms with van der Waals surface area (Å²) in [7, 11) is -1.09. The van der Waals surface area contributed by atoms with Gasteiger partial charge < -0.3 is 13.9 Å². The summed E-state index contributed by atoms with van der Waals surface area (Å²) in [6.07, 6.45) is 0. The van der Waals surface area contributed by atoms with E-state index in [1.165, 1.54) is 26.4 Å². The molecule has 0 unspecified atom stereocenters. The lowest BCUT2D eigenvalue weighted by Crippen LogP contribution is -2.16. The average Bonchev–Trinajstić information content (AvgIpc) is 3.19. The van der Waals surface area contributed by atoms with Gasteiger partial charge in [-0.25, -0.2) is 13.2 Å². The first kappa shape index (κ1) is 22.7. The highest BCUT2D eigenvalue weighted by molar-refractivity contribution is 7.92. The maximum absolute atomic E-state index is 13.2. The molecular formula is C25H25NO6S. The molecule has 1 N–H and O–H groups in total. The third-order valence-corrected chi connectivity index (χ3v) is 6.76. The number of anilines is 1. The first-order chi connectivity index (χ1) is 15.6. The Morgan fingerprint density at radius 3 is 2.15 bits per heavy atom. The Bertz CT molecular complexity index is 1460. The average molecular weight is 468 g/mol. The maximum Gasteiger partial charge on any atom is 0.342 e. The standard InChI is InChI=1S/C25H25NO6S/c1-25(2,3)23-21(24(27)31-5)19-14-20(17-8-6-7-9-18(17)22(19)32-23)26-33(28,29)16-12-10-15(30-4)11-13-16/h6-14,26H,1-5H3. The van der Waals surface area contributed by atoms with Crippen molar-refractivity contribution in [3.8, 4) is 5.75 Å². The highest BCUT2D eigenvalue weighted by atomic mass is 32.2. The minimum absolute atomic E-state index is 0.0863. The Morgan fingerprint density at radius 2 is 1.58 bits per heavy atom. The fraction of sp³-hybridized carbons (Fsp3) is 0.240. The number of carbonyl (C=O) groups is 1. The summed E-state index contributed by atoms with van der Waals surface area (Å²) in [5.74, 6) is 0.485. The largest absolute Gasteiger partial charge is 0.497 e. The summed E-state index contributed by atoms with van der Waals surface area (Å²) < 4.78 is 45.3. The van der Waals surface area contributed by atoms with Crippen LogP contribution in [0.5, 0.6) is 5.75 Å². The number of nitrogens with one attached hydrogen (secondary N) is 1. The van der Waals surface area contributed by atoms with Crippen LogP contribution >= 0.6 is 0 Å².